The van der Waals surface area contributed by atoms with Crippen molar-refractivity contribution in [3.63, 3.8) is 0 Å². The Labute approximate surface area is 224 Å². The van der Waals surface area contributed by atoms with E-state index in [1.807, 2.05) is 4.90 Å². The van der Waals surface area contributed by atoms with Gasteiger partial charge in [-0.3, -0.25) is 34.2 Å². The number of rotatable bonds is 5. The van der Waals surface area contributed by atoms with Crippen molar-refractivity contribution in [3.05, 3.63) is 64.7 Å². The largest absolute Gasteiger partial charge is 0.339 e. The third-order valence-corrected chi connectivity index (χ3v) is 7.42. The number of nitrogens with zero attached hydrogens (tertiary/aromatic N) is 2. The van der Waals surface area contributed by atoms with Crippen molar-refractivity contribution in [1.29, 1.82) is 0 Å². The highest BCUT2D eigenvalue weighted by atomic mass is 16.2. The van der Waals surface area contributed by atoms with E-state index >= 15 is 0 Å². The standard InChI is InChI=1S/C28H29N5O6/c1-16-10-12-32(13-11-16)25(36)18-3-5-19(6-4-18)30-28(39)29-15-17-2-7-20-21(14-17)27(38)33(26(20)37)22-8-9-23(34)31-24(22)35/h2-7,14,16,22H,8-13,15H2,1H3,(H2,29,30,39)(H,31,34,35). The third kappa shape index (κ3) is 5.38. The van der Waals surface area contributed by atoms with Gasteiger partial charge in [0, 0.05) is 37.3 Å². The first kappa shape index (κ1) is 26.1. The van der Waals surface area contributed by atoms with Crippen LogP contribution in [-0.2, 0) is 16.1 Å². The summed E-state index contributed by atoms with van der Waals surface area (Å²) in [4.78, 5) is 77.4. The molecule has 0 aliphatic carbocycles. The molecular formula is C28H29N5O6. The molecule has 0 saturated carbocycles. The molecule has 2 saturated heterocycles. The monoisotopic (exact) mass is 531 g/mol. The first-order valence-electron chi connectivity index (χ1n) is 13.0. The molecular weight excluding hydrogens is 502 g/mol. The second kappa shape index (κ2) is 10.7. The fourth-order valence-electron chi connectivity index (χ4n) is 5.08. The summed E-state index contributed by atoms with van der Waals surface area (Å²) in [5.74, 6) is -1.68. The highest BCUT2D eigenvalue weighted by molar-refractivity contribution is 6.23. The summed E-state index contributed by atoms with van der Waals surface area (Å²) in [5, 5.41) is 7.59. The maximum atomic E-state index is 13.0. The number of urea groups is 1. The first-order valence-corrected chi connectivity index (χ1v) is 13.0. The topological polar surface area (TPSA) is 145 Å². The third-order valence-electron chi connectivity index (χ3n) is 7.42. The Kier molecular flexibility index (Phi) is 7.14. The quantitative estimate of drug-likeness (QED) is 0.505. The summed E-state index contributed by atoms with van der Waals surface area (Å²) in [5.41, 5.74) is 2.00. The summed E-state index contributed by atoms with van der Waals surface area (Å²) in [6, 6.07) is 9.84. The predicted octanol–water partition coefficient (Wildman–Crippen LogP) is 2.28. The molecule has 7 amide bonds. The lowest BCUT2D eigenvalue weighted by Crippen LogP contribution is -2.54. The van der Waals surface area contributed by atoms with E-state index in [0.717, 1.165) is 30.8 Å². The van der Waals surface area contributed by atoms with Crippen molar-refractivity contribution < 1.29 is 28.8 Å². The molecule has 3 aliphatic rings. The molecule has 0 spiro atoms. The van der Waals surface area contributed by atoms with Gasteiger partial charge in [0.05, 0.1) is 11.1 Å². The van der Waals surface area contributed by atoms with E-state index in [0.29, 0.717) is 22.7 Å². The summed E-state index contributed by atoms with van der Waals surface area (Å²) in [7, 11) is 0. The minimum Gasteiger partial charge on any atom is -0.339 e. The normalized spacial score (nSPS) is 19.6. The van der Waals surface area contributed by atoms with Gasteiger partial charge in [0.1, 0.15) is 6.04 Å². The Morgan fingerprint density at radius 2 is 1.62 bits per heavy atom. The van der Waals surface area contributed by atoms with Crippen molar-refractivity contribution >= 4 is 41.3 Å². The SMILES string of the molecule is CC1CCN(C(=O)c2ccc(NC(=O)NCc3ccc4c(c3)C(=O)N(C3CCC(=O)NC3=O)C4=O)cc2)CC1. The molecule has 202 valence electrons. The van der Waals surface area contributed by atoms with Crippen LogP contribution in [0.15, 0.2) is 42.5 Å². The Hall–Kier alpha value is -4.54. The lowest BCUT2D eigenvalue weighted by atomic mass is 9.98. The zero-order valence-corrected chi connectivity index (χ0v) is 21.5. The van der Waals surface area contributed by atoms with Gasteiger partial charge in [-0.1, -0.05) is 13.0 Å². The van der Waals surface area contributed by atoms with Crippen molar-refractivity contribution in [1.82, 2.24) is 20.4 Å². The van der Waals surface area contributed by atoms with Gasteiger partial charge in [-0.25, -0.2) is 4.79 Å². The number of amides is 7. The van der Waals surface area contributed by atoms with E-state index in [2.05, 4.69) is 22.9 Å². The molecule has 2 aromatic carbocycles. The number of hydrogen-bond acceptors (Lipinski definition) is 6. The summed E-state index contributed by atoms with van der Waals surface area (Å²) >= 11 is 0. The average molecular weight is 532 g/mol. The van der Waals surface area contributed by atoms with Crippen LogP contribution in [0, 0.1) is 5.92 Å². The van der Waals surface area contributed by atoms with Gasteiger partial charge in [0.15, 0.2) is 0 Å². The Morgan fingerprint density at radius 1 is 0.923 bits per heavy atom. The van der Waals surface area contributed by atoms with Crippen molar-refractivity contribution in [2.75, 3.05) is 18.4 Å². The number of likely N-dealkylation sites (tertiary alicyclic amines) is 1. The Balaban J connectivity index is 1.16. The van der Waals surface area contributed by atoms with Crippen LogP contribution < -0.4 is 16.0 Å². The van der Waals surface area contributed by atoms with Crippen molar-refractivity contribution in [2.24, 2.45) is 5.92 Å². The van der Waals surface area contributed by atoms with Crippen LogP contribution in [0.4, 0.5) is 10.5 Å². The second-order valence-electron chi connectivity index (χ2n) is 10.2. The molecule has 2 aromatic rings. The number of fused-ring (bicyclic) bond motifs is 1. The van der Waals surface area contributed by atoms with Crippen molar-refractivity contribution in [2.45, 2.75) is 45.2 Å². The fourth-order valence-corrected chi connectivity index (χ4v) is 5.08. The molecule has 39 heavy (non-hydrogen) atoms. The summed E-state index contributed by atoms with van der Waals surface area (Å²) in [6.07, 6.45) is 2.12. The van der Waals surface area contributed by atoms with Crippen LogP contribution in [0.2, 0.25) is 0 Å². The van der Waals surface area contributed by atoms with Gasteiger partial charge >= 0.3 is 6.03 Å². The molecule has 1 unspecified atom stereocenters. The van der Waals surface area contributed by atoms with E-state index in [9.17, 15) is 28.8 Å². The molecule has 11 nitrogen and oxygen atoms in total. The molecule has 11 heteroatoms. The van der Waals surface area contributed by atoms with Crippen LogP contribution >= 0.6 is 0 Å². The summed E-state index contributed by atoms with van der Waals surface area (Å²) < 4.78 is 0. The van der Waals surface area contributed by atoms with Gasteiger partial charge in [-0.15, -0.1) is 0 Å². The summed E-state index contributed by atoms with van der Waals surface area (Å²) in [6.45, 7) is 3.78. The molecule has 0 aromatic heterocycles. The molecule has 1 atom stereocenters. The fraction of sp³-hybridized carbons (Fsp3) is 0.357. The number of anilines is 1. The Bertz CT molecular complexity index is 1360. The van der Waals surface area contributed by atoms with Gasteiger partial charge in [0.2, 0.25) is 11.8 Å². The number of benzene rings is 2. The number of carbonyl (C=O) groups excluding carboxylic acids is 6. The van der Waals surface area contributed by atoms with Gasteiger partial charge in [0.25, 0.3) is 17.7 Å². The molecule has 3 N–H and O–H groups in total. The predicted molar refractivity (Wildman–Crippen MR) is 140 cm³/mol. The maximum Gasteiger partial charge on any atom is 0.319 e. The van der Waals surface area contributed by atoms with Crippen LogP contribution in [0.3, 0.4) is 0 Å². The van der Waals surface area contributed by atoms with E-state index in [1.54, 1.807) is 30.3 Å². The van der Waals surface area contributed by atoms with Crippen LogP contribution in [0.1, 0.15) is 69.2 Å². The minimum atomic E-state index is -1.03. The molecule has 3 heterocycles. The minimum absolute atomic E-state index is 0.0151. The molecule has 0 bridgehead atoms. The molecule has 0 radical (unpaired) electrons. The lowest BCUT2D eigenvalue weighted by molar-refractivity contribution is -0.136. The van der Waals surface area contributed by atoms with E-state index in [4.69, 9.17) is 0 Å². The highest BCUT2D eigenvalue weighted by Gasteiger charge is 2.44. The van der Waals surface area contributed by atoms with Gasteiger partial charge < -0.3 is 15.5 Å². The number of hydrogen-bond donors (Lipinski definition) is 3. The number of piperidine rings is 2. The van der Waals surface area contributed by atoms with Crippen LogP contribution in [-0.4, -0.2) is 64.5 Å². The smallest absolute Gasteiger partial charge is 0.319 e. The van der Waals surface area contributed by atoms with Gasteiger partial charge in [-0.2, -0.15) is 0 Å². The number of carbonyl (C=O) groups is 6. The zero-order chi connectivity index (χ0) is 27.7. The van der Waals surface area contributed by atoms with Crippen molar-refractivity contribution in [3.8, 4) is 0 Å². The average Bonchev–Trinajstić information content (AvgIpc) is 3.17. The molecule has 2 fully saturated rings. The zero-order valence-electron chi connectivity index (χ0n) is 21.5. The second-order valence-corrected chi connectivity index (χ2v) is 10.2. The van der Waals surface area contributed by atoms with Crippen LogP contribution in [0.25, 0.3) is 0 Å². The lowest BCUT2D eigenvalue weighted by Gasteiger charge is -2.30. The van der Waals surface area contributed by atoms with E-state index in [-0.39, 0.29) is 36.4 Å². The maximum absolute atomic E-state index is 13.0. The number of nitrogens with one attached hydrogen (secondary N) is 3. The van der Waals surface area contributed by atoms with E-state index < -0.39 is 35.7 Å². The first-order chi connectivity index (χ1) is 18.7. The van der Waals surface area contributed by atoms with Gasteiger partial charge in [-0.05, 0) is 67.1 Å². The Morgan fingerprint density at radius 3 is 2.31 bits per heavy atom. The highest BCUT2D eigenvalue weighted by Crippen LogP contribution is 2.28. The van der Waals surface area contributed by atoms with E-state index in [1.165, 1.54) is 12.1 Å². The number of imide groups is 2. The molecule has 5 rings (SSSR count). The molecule has 3 aliphatic heterocycles. The van der Waals surface area contributed by atoms with Crippen LogP contribution in [0.5, 0.6) is 0 Å².